The van der Waals surface area contributed by atoms with Crippen molar-refractivity contribution in [1.82, 2.24) is 8.75 Å². The summed E-state index contributed by atoms with van der Waals surface area (Å²) in [6, 6.07) is 29.5. The molecule has 0 amide bonds. The molecule has 0 saturated carbocycles. The molecule has 2 aliphatic rings. The van der Waals surface area contributed by atoms with E-state index in [9.17, 15) is 4.39 Å². The first kappa shape index (κ1) is 40.7. The second-order valence-electron chi connectivity index (χ2n) is 16.3. The molecule has 0 fully saturated rings. The van der Waals surface area contributed by atoms with Crippen LogP contribution in [0.3, 0.4) is 0 Å². The zero-order valence-corrected chi connectivity index (χ0v) is 36.3. The number of alkyl halides is 1. The molecule has 1 aromatic heterocycles. The smallest absolute Gasteiger partial charge is 0.131 e. The third-order valence-electron chi connectivity index (χ3n) is 11.9. The van der Waals surface area contributed by atoms with Crippen LogP contribution in [0.1, 0.15) is 79.5 Å². The number of aryl methyl sites for hydroxylation is 3. The van der Waals surface area contributed by atoms with Crippen molar-refractivity contribution in [3.8, 4) is 33.4 Å². The lowest BCUT2D eigenvalue weighted by Gasteiger charge is -2.27. The predicted octanol–water partition coefficient (Wildman–Crippen LogP) is 13.1. The highest BCUT2D eigenvalue weighted by Crippen LogP contribution is 2.56. The number of rotatable bonds is 12. The molecule has 8 heteroatoms. The first-order valence-electron chi connectivity index (χ1n) is 20.4. The molecule has 6 aromatic rings. The Hall–Kier alpha value is -5.02. The van der Waals surface area contributed by atoms with E-state index in [-0.39, 0.29) is 16.6 Å². The Morgan fingerprint density at radius 3 is 2.00 bits per heavy atom. The summed E-state index contributed by atoms with van der Waals surface area (Å²) in [6.45, 7) is 15.6. The largest absolute Gasteiger partial charge is 0.330 e. The molecule has 59 heavy (non-hydrogen) atoms. The maximum atomic E-state index is 15.5. The lowest BCUT2D eigenvalue weighted by Crippen LogP contribution is -2.16. The molecule has 2 atom stereocenters. The van der Waals surface area contributed by atoms with Crippen LogP contribution in [0.4, 0.5) is 8.78 Å². The van der Waals surface area contributed by atoms with Crippen LogP contribution in [0.25, 0.3) is 55.6 Å². The van der Waals surface area contributed by atoms with Crippen LogP contribution >= 0.6 is 23.5 Å². The summed E-state index contributed by atoms with van der Waals surface area (Å²) in [5, 5.41) is 0. The van der Waals surface area contributed by atoms with Gasteiger partial charge < -0.3 is 5.73 Å². The maximum absolute atomic E-state index is 15.5. The number of aliphatic imine (C=N–C) groups is 1. The fraction of sp³-hybridized carbons (Fsp3) is 0.275. The third-order valence-corrected chi connectivity index (χ3v) is 13.7. The van der Waals surface area contributed by atoms with Crippen LogP contribution in [-0.4, -0.2) is 39.5 Å². The number of benzene rings is 5. The summed E-state index contributed by atoms with van der Waals surface area (Å²) in [5.41, 5.74) is 25.0. The van der Waals surface area contributed by atoms with E-state index in [1.54, 1.807) is 6.07 Å². The number of allylic oxidation sites excluding steroid dienone is 5. The lowest BCUT2D eigenvalue weighted by molar-refractivity contribution is 0.341. The van der Waals surface area contributed by atoms with Crippen LogP contribution in [0, 0.1) is 12.7 Å². The Morgan fingerprint density at radius 2 is 1.36 bits per heavy atom. The number of nitrogens with two attached hydrogens (primary N) is 1. The summed E-state index contributed by atoms with van der Waals surface area (Å²) >= 11 is 2.97. The molecule has 300 valence electrons. The van der Waals surface area contributed by atoms with Gasteiger partial charge in [0, 0.05) is 33.9 Å². The monoisotopic (exact) mass is 820 g/mol. The van der Waals surface area contributed by atoms with Gasteiger partial charge in [-0.05, 0) is 153 Å². The van der Waals surface area contributed by atoms with Crippen LogP contribution in [-0.2, 0) is 17.6 Å². The number of halogens is 2. The fourth-order valence-corrected chi connectivity index (χ4v) is 10.0. The first-order chi connectivity index (χ1) is 28.4. The molecule has 0 radical (unpaired) electrons. The highest BCUT2D eigenvalue weighted by atomic mass is 32.2. The molecular weight excluding hydrogens is 771 g/mol. The second-order valence-corrected chi connectivity index (χ2v) is 18.0. The molecule has 1 heterocycles. The van der Waals surface area contributed by atoms with E-state index in [1.165, 1.54) is 51.9 Å². The number of hydrogen-bond donors (Lipinski definition) is 1. The van der Waals surface area contributed by atoms with Crippen molar-refractivity contribution in [2.75, 3.05) is 12.8 Å². The van der Waals surface area contributed by atoms with Crippen molar-refractivity contribution in [3.63, 3.8) is 0 Å². The summed E-state index contributed by atoms with van der Waals surface area (Å²) in [5.74, 6) is -0.340. The van der Waals surface area contributed by atoms with Crippen molar-refractivity contribution < 1.29 is 8.78 Å². The summed E-state index contributed by atoms with van der Waals surface area (Å²) < 4.78 is 38.1. The quantitative estimate of drug-likeness (QED) is 0.134. The van der Waals surface area contributed by atoms with Crippen molar-refractivity contribution in [2.45, 2.75) is 77.3 Å². The third kappa shape index (κ3) is 7.56. The Labute approximate surface area is 355 Å². The van der Waals surface area contributed by atoms with Gasteiger partial charge in [-0.3, -0.25) is 4.99 Å². The van der Waals surface area contributed by atoms with Crippen molar-refractivity contribution >= 4 is 51.4 Å². The van der Waals surface area contributed by atoms with E-state index in [4.69, 9.17) is 15.1 Å². The van der Waals surface area contributed by atoms with Gasteiger partial charge in [0.25, 0.3) is 0 Å². The van der Waals surface area contributed by atoms with Crippen LogP contribution in [0.2, 0.25) is 0 Å². The zero-order valence-electron chi connectivity index (χ0n) is 34.6. The Morgan fingerprint density at radius 1 is 0.763 bits per heavy atom. The highest BCUT2D eigenvalue weighted by molar-refractivity contribution is 7.99. The van der Waals surface area contributed by atoms with Gasteiger partial charge in [0.05, 0.1) is 28.4 Å². The number of hydrogen-bond acceptors (Lipinski definition) is 6. The van der Waals surface area contributed by atoms with Gasteiger partial charge in [-0.2, -0.15) is 8.75 Å². The van der Waals surface area contributed by atoms with E-state index in [0.717, 1.165) is 74.8 Å². The number of nitrogens with zero attached hydrogens (tertiary/aromatic N) is 3. The topological polar surface area (TPSA) is 64.2 Å². The SMILES string of the molecule is C=C1C(c2ccc3c(c2)C(C)(SC)c2cc(-c4ccc(-c5ccc(CCC(C)F)cc5F)c5nsnc45)ccc2-3)=CC=C(c2ccc(CCCN)cc2C)C1=NC(C)C. The average Bonchev–Trinajstić information content (AvgIpc) is 3.81. The summed E-state index contributed by atoms with van der Waals surface area (Å²) in [4.78, 5) is 5.16. The maximum Gasteiger partial charge on any atom is 0.131 e. The molecule has 5 aromatic carbocycles. The molecule has 0 bridgehead atoms. The average molecular weight is 821 g/mol. The molecule has 2 unspecified atom stereocenters. The van der Waals surface area contributed by atoms with E-state index < -0.39 is 6.17 Å². The normalized spacial score (nSPS) is 17.4. The molecule has 0 saturated heterocycles. The molecular formula is C51H50F2N4S2. The van der Waals surface area contributed by atoms with Gasteiger partial charge >= 0.3 is 0 Å². The molecule has 0 aliphatic heterocycles. The van der Waals surface area contributed by atoms with E-state index in [1.807, 2.05) is 30.0 Å². The first-order valence-corrected chi connectivity index (χ1v) is 22.4. The number of thioether (sulfide) groups is 1. The van der Waals surface area contributed by atoms with Gasteiger partial charge in [0.1, 0.15) is 16.9 Å². The second kappa shape index (κ2) is 16.6. The zero-order chi connectivity index (χ0) is 41.6. The fourth-order valence-electron chi connectivity index (χ4n) is 8.68. The van der Waals surface area contributed by atoms with E-state index in [2.05, 4.69) is 112 Å². The number of fused-ring (bicyclic) bond motifs is 4. The van der Waals surface area contributed by atoms with Gasteiger partial charge in [-0.25, -0.2) is 8.78 Å². The predicted molar refractivity (Wildman–Crippen MR) is 249 cm³/mol. The van der Waals surface area contributed by atoms with E-state index >= 15 is 4.39 Å². The van der Waals surface area contributed by atoms with Gasteiger partial charge in [-0.1, -0.05) is 85.5 Å². The highest BCUT2D eigenvalue weighted by Gasteiger charge is 2.40. The molecule has 8 rings (SSSR count). The molecule has 0 spiro atoms. The number of aromatic nitrogens is 2. The van der Waals surface area contributed by atoms with Crippen LogP contribution in [0.15, 0.2) is 114 Å². The Balaban J connectivity index is 1.14. The minimum Gasteiger partial charge on any atom is -0.330 e. The minimum absolute atomic E-state index is 0.102. The van der Waals surface area contributed by atoms with Crippen molar-refractivity contribution in [2.24, 2.45) is 10.7 Å². The van der Waals surface area contributed by atoms with Gasteiger partial charge in [-0.15, -0.1) is 11.8 Å². The summed E-state index contributed by atoms with van der Waals surface area (Å²) in [6.07, 6.45) is 8.48. The molecule has 2 N–H and O–H groups in total. The minimum atomic E-state index is -0.929. The molecule has 2 aliphatic carbocycles. The van der Waals surface area contributed by atoms with Gasteiger partial charge in [0.15, 0.2) is 0 Å². The molecule has 4 nitrogen and oxygen atoms in total. The van der Waals surface area contributed by atoms with Crippen molar-refractivity contribution in [1.29, 1.82) is 0 Å². The summed E-state index contributed by atoms with van der Waals surface area (Å²) in [7, 11) is 0. The Bertz CT molecular complexity index is 2720. The standard InChI is InChI=1S/C51H50F2N4S2/c1-29(2)55-48-32(5)38(20-22-43(48)37-16-12-33(9-8-24-54)25-30(37)3)35-14-18-40-41-19-15-36(28-46(41)51(6,58-7)45(40)27-35)39-21-23-44(50-49(39)56-59-57-50)42-17-13-34(26-47(42)53)11-10-31(4)52/h12-23,25-29,31H,5,8-11,24,54H2,1-4,6-7H3. The van der Waals surface area contributed by atoms with E-state index in [0.29, 0.717) is 36.0 Å². The van der Waals surface area contributed by atoms with Crippen LogP contribution < -0.4 is 5.73 Å². The lowest BCUT2D eigenvalue weighted by atomic mass is 9.82. The van der Waals surface area contributed by atoms with Gasteiger partial charge in [0.2, 0.25) is 0 Å². The Kier molecular flexibility index (Phi) is 11.4. The van der Waals surface area contributed by atoms with Crippen molar-refractivity contribution in [3.05, 3.63) is 154 Å². The van der Waals surface area contributed by atoms with Crippen LogP contribution in [0.5, 0.6) is 0 Å².